The van der Waals surface area contributed by atoms with Gasteiger partial charge >= 0.3 is 0 Å². The summed E-state index contributed by atoms with van der Waals surface area (Å²) < 4.78 is 19.1. The molecule has 1 unspecified atom stereocenters. The molecule has 5 rings (SSSR count). The Balaban J connectivity index is 1.35. The van der Waals surface area contributed by atoms with Gasteiger partial charge in [0.15, 0.2) is 0 Å². The minimum atomic E-state index is -1.55. The van der Waals surface area contributed by atoms with E-state index in [2.05, 4.69) is 15.5 Å². The number of amides is 2. The number of fused-ring (bicyclic) bond motifs is 1. The average molecular weight is 736 g/mol. The largest absolute Gasteiger partial charge is 0.508 e. The van der Waals surface area contributed by atoms with Gasteiger partial charge in [-0.05, 0) is 65.8 Å². The first kappa shape index (κ1) is 39.8. The molecule has 2 aliphatic rings. The summed E-state index contributed by atoms with van der Waals surface area (Å²) in [7, 11) is -1.55. The number of aromatic hydroxyl groups is 1. The monoisotopic (exact) mass is 735 g/mol. The number of unbranched alkanes of at least 4 members (excludes halogenated alkanes) is 1. The number of carbonyl (C=O) groups excluding carboxylic acids is 2. The molecule has 0 spiro atoms. The highest BCUT2D eigenvalue weighted by molar-refractivity contribution is 7.85. The van der Waals surface area contributed by atoms with Gasteiger partial charge in [0.2, 0.25) is 11.8 Å². The number of morpholine rings is 1. The molecule has 6 atom stereocenters. The van der Waals surface area contributed by atoms with Gasteiger partial charge in [-0.2, -0.15) is 0 Å². The first-order chi connectivity index (χ1) is 25.2. The fourth-order valence-corrected chi connectivity index (χ4v) is 8.85. The molecule has 2 fully saturated rings. The summed E-state index contributed by atoms with van der Waals surface area (Å²) in [5.74, 6) is -1.06. The second-order valence-corrected chi connectivity index (χ2v) is 16.1. The summed E-state index contributed by atoms with van der Waals surface area (Å²) in [4.78, 5) is 31.0. The van der Waals surface area contributed by atoms with Crippen molar-refractivity contribution in [2.45, 2.75) is 100 Å². The smallest absolute Gasteiger partial charge is 0.242 e. The van der Waals surface area contributed by atoms with E-state index < -0.39 is 41.0 Å². The predicted molar refractivity (Wildman–Crippen MR) is 204 cm³/mol. The molecule has 0 radical (unpaired) electrons. The van der Waals surface area contributed by atoms with Crippen LogP contribution in [0.25, 0.3) is 10.8 Å². The van der Waals surface area contributed by atoms with Gasteiger partial charge in [0, 0.05) is 30.3 Å². The van der Waals surface area contributed by atoms with E-state index in [-0.39, 0.29) is 29.9 Å². The molecule has 1 aliphatic carbocycles. The molecule has 11 heteroatoms. The maximum absolute atomic E-state index is 14.3. The van der Waals surface area contributed by atoms with Crippen LogP contribution in [0.1, 0.15) is 70.3 Å². The van der Waals surface area contributed by atoms with E-state index in [1.807, 2.05) is 49.4 Å². The van der Waals surface area contributed by atoms with Gasteiger partial charge in [-0.15, -0.1) is 0 Å². The number of hydrogen-bond donors (Lipinski definition) is 5. The fraction of sp³-hybridized carbons (Fsp3) is 0.561. The molecule has 2 amide bonds. The van der Waals surface area contributed by atoms with Gasteiger partial charge in [-0.25, -0.2) is 0 Å². The van der Waals surface area contributed by atoms with E-state index in [1.54, 1.807) is 12.1 Å². The molecule has 0 bridgehead atoms. The number of rotatable bonds is 18. The Kier molecular flexibility index (Phi) is 15.5. The second-order valence-electron chi connectivity index (χ2n) is 14.6. The van der Waals surface area contributed by atoms with Crippen LogP contribution in [0.2, 0.25) is 0 Å². The quantitative estimate of drug-likeness (QED) is 0.126. The summed E-state index contributed by atoms with van der Waals surface area (Å²) in [5.41, 5.74) is 0.945. The van der Waals surface area contributed by atoms with E-state index in [0.29, 0.717) is 62.8 Å². The minimum absolute atomic E-state index is 0.0265. The van der Waals surface area contributed by atoms with Crippen molar-refractivity contribution in [2.24, 2.45) is 11.8 Å². The Morgan fingerprint density at radius 2 is 1.63 bits per heavy atom. The van der Waals surface area contributed by atoms with Crippen LogP contribution in [0.4, 0.5) is 0 Å². The summed E-state index contributed by atoms with van der Waals surface area (Å²) in [6, 6.07) is 18.5. The van der Waals surface area contributed by atoms with Crippen molar-refractivity contribution < 1.29 is 33.9 Å². The van der Waals surface area contributed by atoms with Gasteiger partial charge in [0.05, 0.1) is 42.1 Å². The zero-order chi connectivity index (χ0) is 36.9. The maximum Gasteiger partial charge on any atom is 0.242 e. The Morgan fingerprint density at radius 3 is 2.37 bits per heavy atom. The zero-order valence-electron chi connectivity index (χ0n) is 30.5. The number of benzene rings is 3. The highest BCUT2D eigenvalue weighted by Gasteiger charge is 2.35. The Labute approximate surface area is 310 Å². The van der Waals surface area contributed by atoms with Crippen LogP contribution in [0.5, 0.6) is 5.75 Å². The number of ether oxygens (including phenoxy) is 1. The molecule has 1 saturated carbocycles. The summed E-state index contributed by atoms with van der Waals surface area (Å²) in [5, 5.41) is 40.7. The van der Waals surface area contributed by atoms with E-state index in [1.165, 1.54) is 18.6 Å². The lowest BCUT2D eigenvalue weighted by molar-refractivity contribution is -0.132. The Bertz CT molecular complexity index is 1590. The summed E-state index contributed by atoms with van der Waals surface area (Å²) in [6.45, 7) is 4.81. The van der Waals surface area contributed by atoms with Crippen molar-refractivity contribution in [1.82, 2.24) is 15.5 Å². The van der Waals surface area contributed by atoms with Gasteiger partial charge < -0.3 is 30.7 Å². The third-order valence-corrected chi connectivity index (χ3v) is 12.1. The summed E-state index contributed by atoms with van der Waals surface area (Å²) >= 11 is 0. The van der Waals surface area contributed by atoms with Gasteiger partial charge in [0.1, 0.15) is 17.9 Å². The molecule has 1 aliphatic heterocycles. The highest BCUT2D eigenvalue weighted by atomic mass is 32.2. The molecular weight excluding hydrogens is 679 g/mol. The minimum Gasteiger partial charge on any atom is -0.508 e. The third-order valence-electron chi connectivity index (χ3n) is 10.6. The fourth-order valence-electron chi connectivity index (χ4n) is 7.58. The van der Waals surface area contributed by atoms with Crippen molar-refractivity contribution >= 4 is 33.4 Å². The molecule has 1 heterocycles. The number of aliphatic hydroxyl groups excluding tert-OH is 2. The van der Waals surface area contributed by atoms with E-state index in [9.17, 15) is 29.1 Å². The van der Waals surface area contributed by atoms with E-state index >= 15 is 0 Å². The topological polar surface area (TPSA) is 148 Å². The van der Waals surface area contributed by atoms with Crippen LogP contribution in [0.3, 0.4) is 0 Å². The lowest BCUT2D eigenvalue weighted by Gasteiger charge is -2.35. The maximum atomic E-state index is 14.3. The van der Waals surface area contributed by atoms with Crippen LogP contribution in [-0.4, -0.2) is 99.1 Å². The first-order valence-electron chi connectivity index (χ1n) is 19.1. The molecule has 284 valence electrons. The summed E-state index contributed by atoms with van der Waals surface area (Å²) in [6.07, 6.45) is 5.97. The van der Waals surface area contributed by atoms with Crippen molar-refractivity contribution in [3.05, 3.63) is 72.3 Å². The number of nitrogens with zero attached hydrogens (tertiary/aromatic N) is 1. The Morgan fingerprint density at radius 1 is 0.923 bits per heavy atom. The first-order valence-corrected chi connectivity index (χ1v) is 20.4. The van der Waals surface area contributed by atoms with E-state index in [4.69, 9.17) is 4.74 Å². The van der Waals surface area contributed by atoms with Crippen LogP contribution in [-0.2, 0) is 31.5 Å². The molecule has 5 N–H and O–H groups in total. The van der Waals surface area contributed by atoms with Crippen LogP contribution in [0, 0.1) is 11.8 Å². The van der Waals surface area contributed by atoms with Crippen LogP contribution >= 0.6 is 0 Å². The van der Waals surface area contributed by atoms with Gasteiger partial charge in [-0.1, -0.05) is 94.3 Å². The number of aliphatic hydroxyl groups is 2. The third kappa shape index (κ3) is 11.6. The lowest BCUT2D eigenvalue weighted by Crippen LogP contribution is -2.57. The number of nitrogens with one attached hydrogen (secondary N) is 2. The molecule has 1 saturated heterocycles. The number of carbonyl (C=O) groups is 2. The van der Waals surface area contributed by atoms with Crippen molar-refractivity contribution in [2.75, 3.05) is 38.6 Å². The average Bonchev–Trinajstić information content (AvgIpc) is 3.16. The predicted octanol–water partition coefficient (Wildman–Crippen LogP) is 4.70. The standard InChI is InChI=1S/C41H57N3O7S/c1-2-3-16-36(41(49)43-37(25-29-10-5-4-6-11-29)39(47)38(46)27-44-21-23-51-24-22-44)42-40(48)32(28-52(50)34-19-17-33(45)18-20-34)26-31-14-9-13-30-12-7-8-15-35(30)31/h7-9,12-15,17-20,29,32,36-39,45-47H,2-6,10-11,16,21-28H2,1H3,(H,42,48)(H,43,49)/t32-,36+,37+,38+,39-,52?/m1/s1. The number of β-amino-alcohol motifs (C(OH)–C–C–N with tert-alkyl or cyclic N) is 1. The van der Waals surface area contributed by atoms with Gasteiger partial charge in [0.25, 0.3) is 0 Å². The second kappa shape index (κ2) is 20.2. The number of phenols is 1. The molecular formula is C41H57N3O7S. The van der Waals surface area contributed by atoms with Crippen molar-refractivity contribution in [3.63, 3.8) is 0 Å². The molecule has 3 aromatic carbocycles. The van der Waals surface area contributed by atoms with Gasteiger partial charge in [-0.3, -0.25) is 18.7 Å². The number of hydrogen-bond acceptors (Lipinski definition) is 8. The SMILES string of the molecule is CCCC[C@H](NC(=O)[C@H](Cc1cccc2ccccc12)CS(=O)c1ccc(O)cc1)C(=O)N[C@@H](CC1CCCCC1)[C@@H](O)[C@@H](O)CN1CCOCC1. The number of phenolic OH excluding ortho intramolecular Hbond substituents is 1. The molecule has 10 nitrogen and oxygen atoms in total. The normalized spacial score (nSPS) is 19.3. The molecule has 0 aromatic heterocycles. The molecule has 3 aromatic rings. The molecule has 52 heavy (non-hydrogen) atoms. The zero-order valence-corrected chi connectivity index (χ0v) is 31.3. The lowest BCUT2D eigenvalue weighted by atomic mass is 9.83. The highest BCUT2D eigenvalue weighted by Crippen LogP contribution is 2.29. The van der Waals surface area contributed by atoms with Crippen molar-refractivity contribution in [3.8, 4) is 5.75 Å². The Hall–Kier alpha value is -3.35. The van der Waals surface area contributed by atoms with Crippen molar-refractivity contribution in [1.29, 1.82) is 0 Å². The van der Waals surface area contributed by atoms with Crippen LogP contribution < -0.4 is 10.6 Å². The van der Waals surface area contributed by atoms with E-state index in [0.717, 1.165) is 48.4 Å². The van der Waals surface area contributed by atoms with Crippen LogP contribution in [0.15, 0.2) is 71.6 Å².